The van der Waals surface area contributed by atoms with Crippen LogP contribution in [0.5, 0.6) is 5.75 Å². The Morgan fingerprint density at radius 1 is 1.08 bits per heavy atom. The summed E-state index contributed by atoms with van der Waals surface area (Å²) in [6.45, 7) is 4.95. The standard InChI is InChI=1S/C21H28N2O2.ClH/c1-3-14-21(2,22)20(24)23-15-13-17-9-11-19(12-10-17)25-16-18-7-5-4-6-8-18;/h4-12H,3,13-16,22H2,1-2H3,(H,23,24);1H. The molecule has 3 N–H and O–H groups in total. The fourth-order valence-electron chi connectivity index (χ4n) is 2.65. The van der Waals surface area contributed by atoms with Crippen molar-refractivity contribution in [3.63, 3.8) is 0 Å². The largest absolute Gasteiger partial charge is 0.489 e. The number of carbonyl (C=O) groups excluding carboxylic acids is 1. The molecule has 0 saturated carbocycles. The maximum Gasteiger partial charge on any atom is 0.239 e. The maximum absolute atomic E-state index is 12.1. The molecule has 1 atom stereocenters. The van der Waals surface area contributed by atoms with Crippen molar-refractivity contribution >= 4 is 18.3 Å². The van der Waals surface area contributed by atoms with Gasteiger partial charge >= 0.3 is 0 Å². The highest BCUT2D eigenvalue weighted by Crippen LogP contribution is 2.15. The van der Waals surface area contributed by atoms with Crippen molar-refractivity contribution in [2.45, 2.75) is 45.3 Å². The minimum atomic E-state index is -0.788. The number of amides is 1. The van der Waals surface area contributed by atoms with Crippen LogP contribution >= 0.6 is 12.4 Å². The van der Waals surface area contributed by atoms with Crippen molar-refractivity contribution in [2.24, 2.45) is 5.73 Å². The number of hydrogen-bond donors (Lipinski definition) is 2. The van der Waals surface area contributed by atoms with Gasteiger partial charge in [0, 0.05) is 6.54 Å². The average Bonchev–Trinajstić information content (AvgIpc) is 2.62. The fraction of sp³-hybridized carbons (Fsp3) is 0.381. The molecule has 1 unspecified atom stereocenters. The van der Waals surface area contributed by atoms with E-state index in [-0.39, 0.29) is 18.3 Å². The second-order valence-corrected chi connectivity index (χ2v) is 6.59. The summed E-state index contributed by atoms with van der Waals surface area (Å²) in [5.41, 5.74) is 7.53. The first-order valence-corrected chi connectivity index (χ1v) is 8.84. The smallest absolute Gasteiger partial charge is 0.239 e. The molecule has 0 aliphatic heterocycles. The molecule has 142 valence electrons. The number of benzene rings is 2. The Hall–Kier alpha value is -2.04. The van der Waals surface area contributed by atoms with Crippen molar-refractivity contribution in [1.29, 1.82) is 0 Å². The lowest BCUT2D eigenvalue weighted by molar-refractivity contribution is -0.126. The first kappa shape index (κ1) is 22.0. The van der Waals surface area contributed by atoms with Gasteiger partial charge in [0.25, 0.3) is 0 Å². The molecule has 26 heavy (non-hydrogen) atoms. The van der Waals surface area contributed by atoms with Gasteiger partial charge in [0.2, 0.25) is 5.91 Å². The van der Waals surface area contributed by atoms with E-state index in [9.17, 15) is 4.79 Å². The van der Waals surface area contributed by atoms with Crippen molar-refractivity contribution in [2.75, 3.05) is 6.54 Å². The highest BCUT2D eigenvalue weighted by Gasteiger charge is 2.26. The molecule has 1 amide bonds. The molecule has 0 radical (unpaired) electrons. The highest BCUT2D eigenvalue weighted by molar-refractivity contribution is 5.85. The Bertz CT molecular complexity index is 657. The zero-order chi connectivity index (χ0) is 18.1. The Kier molecular flexibility index (Phi) is 9.17. The molecule has 0 saturated heterocycles. The Labute approximate surface area is 162 Å². The maximum atomic E-state index is 12.1. The Balaban J connectivity index is 0.00000338. The van der Waals surface area contributed by atoms with E-state index in [0.29, 0.717) is 19.6 Å². The van der Waals surface area contributed by atoms with Crippen molar-refractivity contribution in [3.05, 3.63) is 65.7 Å². The highest BCUT2D eigenvalue weighted by atomic mass is 35.5. The second-order valence-electron chi connectivity index (χ2n) is 6.59. The molecule has 0 bridgehead atoms. The zero-order valence-corrected chi connectivity index (χ0v) is 16.4. The molecule has 0 aromatic heterocycles. The van der Waals surface area contributed by atoms with E-state index in [1.807, 2.05) is 61.5 Å². The van der Waals surface area contributed by atoms with Crippen LogP contribution in [0, 0.1) is 0 Å². The number of ether oxygens (including phenoxy) is 1. The van der Waals surface area contributed by atoms with Crippen LogP contribution in [-0.2, 0) is 17.8 Å². The summed E-state index contributed by atoms with van der Waals surface area (Å²) in [5, 5.41) is 2.92. The van der Waals surface area contributed by atoms with Crippen LogP contribution in [0.2, 0.25) is 0 Å². The lowest BCUT2D eigenvalue weighted by Gasteiger charge is -2.22. The van der Waals surface area contributed by atoms with Crippen LogP contribution in [0.1, 0.15) is 37.8 Å². The topological polar surface area (TPSA) is 64.4 Å². The van der Waals surface area contributed by atoms with Crippen LogP contribution in [-0.4, -0.2) is 18.0 Å². The van der Waals surface area contributed by atoms with Crippen LogP contribution in [0.15, 0.2) is 54.6 Å². The van der Waals surface area contributed by atoms with E-state index in [1.54, 1.807) is 6.92 Å². The quantitative estimate of drug-likeness (QED) is 0.698. The summed E-state index contributed by atoms with van der Waals surface area (Å²) in [6.07, 6.45) is 2.35. The number of halogens is 1. The van der Waals surface area contributed by atoms with E-state index in [2.05, 4.69) is 5.32 Å². The number of rotatable bonds is 9. The molecule has 0 fully saturated rings. The average molecular weight is 377 g/mol. The van der Waals surface area contributed by atoms with E-state index in [1.165, 1.54) is 0 Å². The minimum absolute atomic E-state index is 0. The third-order valence-electron chi connectivity index (χ3n) is 4.16. The van der Waals surface area contributed by atoms with Gasteiger partial charge in [-0.1, -0.05) is 55.8 Å². The molecular weight excluding hydrogens is 348 g/mol. The first-order valence-electron chi connectivity index (χ1n) is 8.84. The van der Waals surface area contributed by atoms with Gasteiger partial charge in [-0.2, -0.15) is 0 Å². The van der Waals surface area contributed by atoms with Gasteiger partial charge in [-0.3, -0.25) is 4.79 Å². The van der Waals surface area contributed by atoms with Gasteiger partial charge < -0.3 is 15.8 Å². The molecule has 2 rings (SSSR count). The van der Waals surface area contributed by atoms with Gasteiger partial charge in [0.05, 0.1) is 5.54 Å². The molecule has 5 heteroatoms. The minimum Gasteiger partial charge on any atom is -0.489 e. The third kappa shape index (κ3) is 7.06. The number of nitrogens with one attached hydrogen (secondary N) is 1. The van der Waals surface area contributed by atoms with Crippen LogP contribution in [0.25, 0.3) is 0 Å². The van der Waals surface area contributed by atoms with Gasteiger partial charge in [-0.15, -0.1) is 12.4 Å². The SMILES string of the molecule is CCCC(C)(N)C(=O)NCCc1ccc(OCc2ccccc2)cc1.Cl. The van der Waals surface area contributed by atoms with Crippen LogP contribution < -0.4 is 15.8 Å². The fourth-order valence-corrected chi connectivity index (χ4v) is 2.65. The molecule has 0 aliphatic rings. The van der Waals surface area contributed by atoms with Gasteiger partial charge in [-0.05, 0) is 43.0 Å². The van der Waals surface area contributed by atoms with Crippen molar-refractivity contribution in [1.82, 2.24) is 5.32 Å². The van der Waals surface area contributed by atoms with E-state index >= 15 is 0 Å². The number of hydrogen-bond acceptors (Lipinski definition) is 3. The van der Waals surface area contributed by atoms with E-state index < -0.39 is 5.54 Å². The van der Waals surface area contributed by atoms with Gasteiger partial charge in [-0.25, -0.2) is 0 Å². The van der Waals surface area contributed by atoms with Crippen LogP contribution in [0.4, 0.5) is 0 Å². The summed E-state index contributed by atoms with van der Waals surface area (Å²) in [6, 6.07) is 18.1. The number of carbonyl (C=O) groups is 1. The molecule has 0 heterocycles. The van der Waals surface area contributed by atoms with Crippen molar-refractivity contribution in [3.8, 4) is 5.75 Å². The second kappa shape index (κ2) is 10.8. The summed E-state index contributed by atoms with van der Waals surface area (Å²) in [5.74, 6) is 0.756. The Morgan fingerprint density at radius 3 is 2.35 bits per heavy atom. The number of nitrogens with two attached hydrogens (primary N) is 1. The normalized spacial score (nSPS) is 12.6. The third-order valence-corrected chi connectivity index (χ3v) is 4.16. The van der Waals surface area contributed by atoms with E-state index in [0.717, 1.165) is 29.7 Å². The van der Waals surface area contributed by atoms with Crippen molar-refractivity contribution < 1.29 is 9.53 Å². The summed E-state index contributed by atoms with van der Waals surface area (Å²) >= 11 is 0. The monoisotopic (exact) mass is 376 g/mol. The predicted octanol–water partition coefficient (Wildman–Crippen LogP) is 3.86. The molecule has 4 nitrogen and oxygen atoms in total. The lowest BCUT2D eigenvalue weighted by atomic mass is 9.96. The molecule has 2 aromatic carbocycles. The first-order chi connectivity index (χ1) is 12.0. The zero-order valence-electron chi connectivity index (χ0n) is 15.5. The molecule has 0 spiro atoms. The molecular formula is C21H29ClN2O2. The van der Waals surface area contributed by atoms with E-state index in [4.69, 9.17) is 10.5 Å². The van der Waals surface area contributed by atoms with Gasteiger partial charge in [0.15, 0.2) is 0 Å². The lowest BCUT2D eigenvalue weighted by Crippen LogP contribution is -2.51. The molecule has 0 aliphatic carbocycles. The summed E-state index contributed by atoms with van der Waals surface area (Å²) < 4.78 is 5.78. The van der Waals surface area contributed by atoms with Gasteiger partial charge in [0.1, 0.15) is 12.4 Å². The summed E-state index contributed by atoms with van der Waals surface area (Å²) in [7, 11) is 0. The molecule has 2 aromatic rings. The predicted molar refractivity (Wildman–Crippen MR) is 109 cm³/mol. The summed E-state index contributed by atoms with van der Waals surface area (Å²) in [4.78, 5) is 12.1. The Morgan fingerprint density at radius 2 is 1.73 bits per heavy atom. The van der Waals surface area contributed by atoms with Crippen LogP contribution in [0.3, 0.4) is 0 Å².